The van der Waals surface area contributed by atoms with Gasteiger partial charge >= 0.3 is 0 Å². The molecule has 1 aromatic heterocycles. The van der Waals surface area contributed by atoms with Crippen molar-refractivity contribution < 1.29 is 0 Å². The quantitative estimate of drug-likeness (QED) is 0.737. The van der Waals surface area contributed by atoms with Crippen molar-refractivity contribution in [3.63, 3.8) is 0 Å². The van der Waals surface area contributed by atoms with Crippen LogP contribution in [0.15, 0.2) is 6.20 Å². The van der Waals surface area contributed by atoms with Crippen LogP contribution in [0.3, 0.4) is 0 Å². The minimum Gasteiger partial charge on any atom is -0.344 e. The predicted octanol–water partition coefficient (Wildman–Crippen LogP) is 0.969. The van der Waals surface area contributed by atoms with E-state index in [4.69, 9.17) is 0 Å². The van der Waals surface area contributed by atoms with Crippen molar-refractivity contribution >= 4 is 0 Å². The molecule has 0 aliphatic heterocycles. The summed E-state index contributed by atoms with van der Waals surface area (Å²) in [6, 6.07) is 0.510. The van der Waals surface area contributed by atoms with Crippen molar-refractivity contribution in [3.8, 4) is 0 Å². The number of hydrogen-bond acceptors (Lipinski definition) is 3. The summed E-state index contributed by atoms with van der Waals surface area (Å²) in [6.45, 7) is 5.99. The molecule has 0 saturated heterocycles. The monoisotopic (exact) mass is 196 g/mol. The average Bonchev–Trinajstić information content (AvgIpc) is 2.47. The van der Waals surface area contributed by atoms with Crippen LogP contribution >= 0.6 is 0 Å². The molecule has 0 bridgehead atoms. The molecule has 4 heteroatoms. The van der Waals surface area contributed by atoms with Gasteiger partial charge in [0.05, 0.1) is 6.54 Å². The summed E-state index contributed by atoms with van der Waals surface area (Å²) in [4.78, 5) is 9.68. The zero-order valence-corrected chi connectivity index (χ0v) is 9.46. The standard InChI is InChI=1S/C10H20N4/c1-8(2)11-5-9-6-12-10(13-9)7-14(3)4/h6,8,11H,5,7H2,1-4H3,(H,12,13). The fourth-order valence-electron chi connectivity index (χ4n) is 1.19. The highest BCUT2D eigenvalue weighted by molar-refractivity contribution is 5.00. The molecule has 80 valence electrons. The summed E-state index contributed by atoms with van der Waals surface area (Å²) in [5.41, 5.74) is 1.15. The minimum absolute atomic E-state index is 0.510. The summed E-state index contributed by atoms with van der Waals surface area (Å²) >= 11 is 0. The molecule has 0 aliphatic rings. The highest BCUT2D eigenvalue weighted by Gasteiger charge is 2.01. The first-order valence-corrected chi connectivity index (χ1v) is 4.99. The number of hydrogen-bond donors (Lipinski definition) is 2. The molecule has 0 atom stereocenters. The maximum Gasteiger partial charge on any atom is 0.120 e. The third-order valence-corrected chi connectivity index (χ3v) is 1.85. The third-order valence-electron chi connectivity index (χ3n) is 1.85. The maximum atomic E-state index is 4.30. The van der Waals surface area contributed by atoms with Gasteiger partial charge in [0.15, 0.2) is 0 Å². The van der Waals surface area contributed by atoms with Gasteiger partial charge < -0.3 is 15.2 Å². The molecule has 1 heterocycles. The molecule has 4 nitrogen and oxygen atoms in total. The summed E-state index contributed by atoms with van der Waals surface area (Å²) in [5.74, 6) is 1.02. The van der Waals surface area contributed by atoms with Gasteiger partial charge in [0, 0.05) is 24.5 Å². The molecule has 0 spiro atoms. The normalized spacial score (nSPS) is 11.6. The molecule has 0 fully saturated rings. The van der Waals surface area contributed by atoms with Crippen LogP contribution in [0.2, 0.25) is 0 Å². The van der Waals surface area contributed by atoms with Crippen molar-refractivity contribution in [1.82, 2.24) is 20.2 Å². The number of aromatic nitrogens is 2. The predicted molar refractivity (Wildman–Crippen MR) is 58.0 cm³/mol. The Morgan fingerprint density at radius 1 is 1.50 bits per heavy atom. The summed E-state index contributed by atoms with van der Waals surface area (Å²) in [6.07, 6.45) is 1.90. The van der Waals surface area contributed by atoms with E-state index in [1.165, 1.54) is 0 Å². The molecule has 14 heavy (non-hydrogen) atoms. The first-order chi connectivity index (χ1) is 6.58. The third kappa shape index (κ3) is 3.89. The molecule has 1 rings (SSSR count). The van der Waals surface area contributed by atoms with Crippen molar-refractivity contribution in [2.75, 3.05) is 14.1 Å². The minimum atomic E-state index is 0.510. The fraction of sp³-hybridized carbons (Fsp3) is 0.700. The van der Waals surface area contributed by atoms with Crippen LogP contribution in [0.25, 0.3) is 0 Å². The van der Waals surface area contributed by atoms with E-state index in [0.717, 1.165) is 24.6 Å². The van der Waals surface area contributed by atoms with Crippen LogP contribution in [-0.2, 0) is 13.1 Å². The van der Waals surface area contributed by atoms with E-state index in [9.17, 15) is 0 Å². The molecule has 1 aromatic rings. The smallest absolute Gasteiger partial charge is 0.120 e. The van der Waals surface area contributed by atoms with E-state index in [-0.39, 0.29) is 0 Å². The largest absolute Gasteiger partial charge is 0.344 e. The van der Waals surface area contributed by atoms with Gasteiger partial charge in [0.2, 0.25) is 0 Å². The lowest BCUT2D eigenvalue weighted by atomic mass is 10.3. The van der Waals surface area contributed by atoms with Gasteiger partial charge in [-0.15, -0.1) is 0 Å². The van der Waals surface area contributed by atoms with Gasteiger partial charge in [-0.3, -0.25) is 0 Å². The zero-order valence-electron chi connectivity index (χ0n) is 9.46. The van der Waals surface area contributed by atoms with Gasteiger partial charge in [-0.2, -0.15) is 0 Å². The number of imidazole rings is 1. The lowest BCUT2D eigenvalue weighted by Gasteiger charge is -2.07. The van der Waals surface area contributed by atoms with Crippen molar-refractivity contribution in [3.05, 3.63) is 17.7 Å². The first kappa shape index (κ1) is 11.2. The zero-order chi connectivity index (χ0) is 10.6. The molecule has 0 radical (unpaired) electrons. The molecule has 0 unspecified atom stereocenters. The molecule has 0 aliphatic carbocycles. The Morgan fingerprint density at radius 2 is 2.21 bits per heavy atom. The SMILES string of the molecule is CC(C)NCc1cnc(CN(C)C)[nH]1. The fourth-order valence-corrected chi connectivity index (χ4v) is 1.19. The van der Waals surface area contributed by atoms with Gasteiger partial charge in [-0.05, 0) is 14.1 Å². The number of rotatable bonds is 5. The summed E-state index contributed by atoms with van der Waals surface area (Å²) < 4.78 is 0. The second-order valence-electron chi connectivity index (χ2n) is 4.13. The van der Waals surface area contributed by atoms with E-state index in [0.29, 0.717) is 6.04 Å². The summed E-state index contributed by atoms with van der Waals surface area (Å²) in [7, 11) is 4.07. The number of H-pyrrole nitrogens is 1. The summed E-state index contributed by atoms with van der Waals surface area (Å²) in [5, 5.41) is 3.34. The molecular weight excluding hydrogens is 176 g/mol. The Hall–Kier alpha value is -0.870. The van der Waals surface area contributed by atoms with E-state index < -0.39 is 0 Å². The topological polar surface area (TPSA) is 44.0 Å². The number of aromatic amines is 1. The van der Waals surface area contributed by atoms with Crippen LogP contribution in [-0.4, -0.2) is 35.0 Å². The van der Waals surface area contributed by atoms with Gasteiger partial charge in [0.1, 0.15) is 5.82 Å². The van der Waals surface area contributed by atoms with Crippen LogP contribution in [0.5, 0.6) is 0 Å². The Morgan fingerprint density at radius 3 is 2.79 bits per heavy atom. The van der Waals surface area contributed by atoms with Crippen LogP contribution in [0.4, 0.5) is 0 Å². The number of nitrogens with one attached hydrogen (secondary N) is 2. The van der Waals surface area contributed by atoms with Gasteiger partial charge in [-0.25, -0.2) is 4.98 Å². The second-order valence-corrected chi connectivity index (χ2v) is 4.13. The molecule has 2 N–H and O–H groups in total. The molecule has 0 saturated carbocycles. The molecule has 0 aromatic carbocycles. The van der Waals surface area contributed by atoms with E-state index >= 15 is 0 Å². The molecular formula is C10H20N4. The highest BCUT2D eigenvalue weighted by atomic mass is 15.1. The van der Waals surface area contributed by atoms with Gasteiger partial charge in [-0.1, -0.05) is 13.8 Å². The Bertz CT molecular complexity index is 265. The second kappa shape index (κ2) is 5.12. The highest BCUT2D eigenvalue weighted by Crippen LogP contribution is 1.99. The van der Waals surface area contributed by atoms with E-state index in [1.54, 1.807) is 0 Å². The van der Waals surface area contributed by atoms with E-state index in [1.807, 2.05) is 20.3 Å². The van der Waals surface area contributed by atoms with Crippen molar-refractivity contribution in [2.45, 2.75) is 33.0 Å². The molecule has 0 amide bonds. The van der Waals surface area contributed by atoms with Gasteiger partial charge in [0.25, 0.3) is 0 Å². The van der Waals surface area contributed by atoms with Crippen LogP contribution in [0, 0.1) is 0 Å². The van der Waals surface area contributed by atoms with Crippen molar-refractivity contribution in [2.24, 2.45) is 0 Å². The van der Waals surface area contributed by atoms with Crippen molar-refractivity contribution in [1.29, 1.82) is 0 Å². The van der Waals surface area contributed by atoms with E-state index in [2.05, 4.69) is 34.0 Å². The average molecular weight is 196 g/mol. The van der Waals surface area contributed by atoms with Crippen LogP contribution < -0.4 is 5.32 Å². The Kier molecular flexibility index (Phi) is 4.10. The number of nitrogens with zero attached hydrogens (tertiary/aromatic N) is 2. The first-order valence-electron chi connectivity index (χ1n) is 4.99. The van der Waals surface area contributed by atoms with Crippen LogP contribution in [0.1, 0.15) is 25.4 Å². The lowest BCUT2D eigenvalue weighted by molar-refractivity contribution is 0.391. The lowest BCUT2D eigenvalue weighted by Crippen LogP contribution is -2.22. The Balaban J connectivity index is 2.42. The maximum absolute atomic E-state index is 4.30. The Labute approximate surface area is 85.7 Å².